The summed E-state index contributed by atoms with van der Waals surface area (Å²) in [5.41, 5.74) is 6.78. The highest BCUT2D eigenvalue weighted by atomic mass is 31.2. The van der Waals surface area contributed by atoms with Gasteiger partial charge in [-0.05, 0) is 47.9 Å². The molecule has 0 saturated heterocycles. The van der Waals surface area contributed by atoms with Crippen LogP contribution in [0.25, 0.3) is 65.6 Å². The van der Waals surface area contributed by atoms with Gasteiger partial charge < -0.3 is 13.5 Å². The minimum Gasteiger partial charge on any atom is -0.309 e. The van der Waals surface area contributed by atoms with Gasteiger partial charge in [-0.3, -0.25) is 0 Å². The summed E-state index contributed by atoms with van der Waals surface area (Å²) in [7, 11) is -3.16. The maximum Gasteiger partial charge on any atom is 0.171 e. The van der Waals surface area contributed by atoms with Gasteiger partial charge in [-0.2, -0.15) is 0 Å². The molecule has 10 rings (SSSR count). The van der Waals surface area contributed by atoms with Crippen LogP contribution < -0.4 is 15.9 Å². The van der Waals surface area contributed by atoms with Crippen molar-refractivity contribution in [1.82, 2.24) is 8.97 Å². The van der Waals surface area contributed by atoms with Crippen LogP contribution in [0.3, 0.4) is 0 Å². The first kappa shape index (κ1) is 27.2. The summed E-state index contributed by atoms with van der Waals surface area (Å²) in [6.07, 6.45) is 0. The maximum atomic E-state index is 15.4. The van der Waals surface area contributed by atoms with Crippen LogP contribution in [0, 0.1) is 0 Å². The zero-order chi connectivity index (χ0) is 31.8. The van der Waals surface area contributed by atoms with Crippen molar-refractivity contribution in [3.8, 4) is 5.69 Å². The second-order valence-corrected chi connectivity index (χ2v) is 15.3. The number of fused-ring (bicyclic) bond motifs is 11. The van der Waals surface area contributed by atoms with Crippen molar-refractivity contribution in [3.63, 3.8) is 0 Å². The monoisotopic (exact) mass is 632 g/mol. The molecule has 0 saturated carbocycles. The van der Waals surface area contributed by atoms with Crippen molar-refractivity contribution in [2.45, 2.75) is 0 Å². The highest BCUT2D eigenvalue weighted by molar-refractivity contribution is 7.85. The minimum absolute atomic E-state index is 0.814. The van der Waals surface area contributed by atoms with E-state index >= 15 is 4.57 Å². The smallest absolute Gasteiger partial charge is 0.171 e. The van der Waals surface area contributed by atoms with Crippen molar-refractivity contribution in [3.05, 3.63) is 176 Å². The Bertz CT molecular complexity index is 2880. The predicted molar refractivity (Wildman–Crippen MR) is 204 cm³/mol. The Hall–Kier alpha value is -5.89. The summed E-state index contributed by atoms with van der Waals surface area (Å²) in [6.45, 7) is 0. The zero-order valence-corrected chi connectivity index (χ0v) is 26.9. The fourth-order valence-corrected chi connectivity index (χ4v) is 10.5. The number of para-hydroxylation sites is 2. The van der Waals surface area contributed by atoms with Gasteiger partial charge in [0.1, 0.15) is 0 Å². The number of rotatable bonds is 4. The topological polar surface area (TPSA) is 26.4 Å². The Kier molecular flexibility index (Phi) is 5.85. The van der Waals surface area contributed by atoms with Gasteiger partial charge in [-0.25, -0.2) is 0 Å². The van der Waals surface area contributed by atoms with Gasteiger partial charge in [0.05, 0.1) is 27.6 Å². The van der Waals surface area contributed by atoms with E-state index in [9.17, 15) is 0 Å². The van der Waals surface area contributed by atoms with E-state index in [-0.39, 0.29) is 0 Å². The second kappa shape index (κ2) is 10.3. The third-order valence-corrected chi connectivity index (χ3v) is 13.0. The molecular weight excluding hydrogens is 603 g/mol. The Labute approximate surface area is 277 Å². The number of aromatic nitrogens is 2. The lowest BCUT2D eigenvalue weighted by Crippen LogP contribution is -2.25. The summed E-state index contributed by atoms with van der Waals surface area (Å²) in [5, 5.41) is 9.79. The van der Waals surface area contributed by atoms with Crippen LogP contribution >= 0.6 is 7.14 Å². The van der Waals surface area contributed by atoms with Gasteiger partial charge in [0, 0.05) is 48.5 Å². The quantitative estimate of drug-likeness (QED) is 0.140. The van der Waals surface area contributed by atoms with Crippen LogP contribution in [0.15, 0.2) is 176 Å². The largest absolute Gasteiger partial charge is 0.309 e. The molecule has 3 aromatic heterocycles. The molecule has 4 heteroatoms. The molecule has 0 amide bonds. The number of pyridine rings is 1. The molecule has 3 heterocycles. The molecule has 0 atom stereocenters. The summed E-state index contributed by atoms with van der Waals surface area (Å²) >= 11 is 0. The molecule has 48 heavy (non-hydrogen) atoms. The van der Waals surface area contributed by atoms with Gasteiger partial charge in [0.25, 0.3) is 0 Å². The lowest BCUT2D eigenvalue weighted by atomic mass is 10.0. The van der Waals surface area contributed by atoms with Crippen LogP contribution in [0.1, 0.15) is 0 Å². The Morgan fingerprint density at radius 3 is 1.62 bits per heavy atom. The van der Waals surface area contributed by atoms with Crippen LogP contribution in [0.5, 0.6) is 0 Å². The van der Waals surface area contributed by atoms with Gasteiger partial charge in [0.2, 0.25) is 0 Å². The molecule has 0 N–H and O–H groups in total. The van der Waals surface area contributed by atoms with Crippen molar-refractivity contribution < 1.29 is 4.57 Å². The van der Waals surface area contributed by atoms with Crippen LogP contribution in [0.4, 0.5) is 0 Å². The first-order chi connectivity index (χ1) is 23.7. The van der Waals surface area contributed by atoms with Gasteiger partial charge in [-0.15, -0.1) is 0 Å². The average Bonchev–Trinajstić information content (AvgIpc) is 3.71. The lowest BCUT2D eigenvalue weighted by molar-refractivity contribution is 0.592. The summed E-state index contributed by atoms with van der Waals surface area (Å²) in [6, 6.07) is 61.2. The normalized spacial score (nSPS) is 12.2. The molecule has 0 fully saturated rings. The first-order valence-corrected chi connectivity index (χ1v) is 18.0. The minimum atomic E-state index is -3.16. The van der Waals surface area contributed by atoms with E-state index in [1.54, 1.807) is 0 Å². The van der Waals surface area contributed by atoms with Crippen molar-refractivity contribution >= 4 is 83.0 Å². The molecule has 0 unspecified atom stereocenters. The van der Waals surface area contributed by atoms with Crippen molar-refractivity contribution in [2.24, 2.45) is 0 Å². The molecule has 3 nitrogen and oxygen atoms in total. The van der Waals surface area contributed by atoms with E-state index in [1.807, 2.05) is 66.7 Å². The SMILES string of the molecule is O=P(c1ccccc1)(c1ccccc1)c1cccc(-n2c3ccccc3c3cc4c5ccccc5c5cc6ccccc6n5c4cc32)c1. The molecule has 0 aliphatic carbocycles. The van der Waals surface area contributed by atoms with Crippen LogP contribution in [0.2, 0.25) is 0 Å². The van der Waals surface area contributed by atoms with E-state index in [2.05, 4.69) is 118 Å². The van der Waals surface area contributed by atoms with Gasteiger partial charge >= 0.3 is 0 Å². The Balaban J connectivity index is 1.32. The molecule has 0 spiro atoms. The van der Waals surface area contributed by atoms with Gasteiger partial charge in [-0.1, -0.05) is 133 Å². The van der Waals surface area contributed by atoms with E-state index in [0.29, 0.717) is 0 Å². The van der Waals surface area contributed by atoms with E-state index in [0.717, 1.165) is 38.2 Å². The third kappa shape index (κ3) is 3.80. The fourth-order valence-electron chi connectivity index (χ4n) is 7.79. The summed E-state index contributed by atoms with van der Waals surface area (Å²) in [4.78, 5) is 0. The molecule has 0 bridgehead atoms. The van der Waals surface area contributed by atoms with E-state index in [1.165, 1.54) is 43.4 Å². The third-order valence-electron chi connectivity index (χ3n) is 9.93. The zero-order valence-electron chi connectivity index (χ0n) is 26.0. The number of benzene rings is 7. The van der Waals surface area contributed by atoms with Crippen molar-refractivity contribution in [2.75, 3.05) is 0 Å². The molecule has 0 radical (unpaired) electrons. The van der Waals surface area contributed by atoms with Crippen molar-refractivity contribution in [1.29, 1.82) is 0 Å². The summed E-state index contributed by atoms with van der Waals surface area (Å²) < 4.78 is 20.2. The Morgan fingerprint density at radius 1 is 0.354 bits per heavy atom. The molecule has 0 aliphatic heterocycles. The fraction of sp³-hybridized carbons (Fsp3) is 0. The van der Waals surface area contributed by atoms with Gasteiger partial charge in [0.15, 0.2) is 7.14 Å². The molecule has 0 aliphatic rings. The number of hydrogen-bond acceptors (Lipinski definition) is 1. The lowest BCUT2D eigenvalue weighted by Gasteiger charge is -2.21. The molecular formula is C44H29N2OP. The number of nitrogens with zero attached hydrogens (tertiary/aromatic N) is 2. The van der Waals surface area contributed by atoms with E-state index < -0.39 is 7.14 Å². The second-order valence-electron chi connectivity index (χ2n) is 12.5. The standard InChI is InChI=1S/C44H29N2OP/c47-48(32-16-3-1-4-17-32,33-18-5-2-6-19-33)34-20-13-15-31(27-34)45-41-25-12-10-23-37(41)39-28-38-35-21-8-9-22-36(35)42-26-30-14-7-11-24-40(30)46(42)44(38)29-43(39)45/h1-29H. The highest BCUT2D eigenvalue weighted by Gasteiger charge is 2.30. The molecule has 7 aromatic carbocycles. The summed E-state index contributed by atoms with van der Waals surface area (Å²) in [5.74, 6) is 0. The molecule has 226 valence electrons. The average molecular weight is 633 g/mol. The number of hydrogen-bond donors (Lipinski definition) is 0. The Morgan fingerprint density at radius 2 is 0.896 bits per heavy atom. The maximum absolute atomic E-state index is 15.4. The van der Waals surface area contributed by atoms with E-state index in [4.69, 9.17) is 0 Å². The highest BCUT2D eigenvalue weighted by Crippen LogP contribution is 2.44. The predicted octanol–water partition coefficient (Wildman–Crippen LogP) is 10.1. The molecule has 10 aromatic rings. The van der Waals surface area contributed by atoms with Crippen LogP contribution in [-0.2, 0) is 4.57 Å². The first-order valence-electron chi connectivity index (χ1n) is 16.3. The van der Waals surface area contributed by atoms with Crippen LogP contribution in [-0.4, -0.2) is 8.97 Å².